The summed E-state index contributed by atoms with van der Waals surface area (Å²) < 4.78 is 18.8. The molecule has 1 unspecified atom stereocenters. The number of halogens is 1. The van der Waals surface area contributed by atoms with Crippen molar-refractivity contribution in [1.29, 1.82) is 0 Å². The maximum atomic E-state index is 13.5. The molecule has 6 heteroatoms. The largest absolute Gasteiger partial charge is 0.484 e. The molecule has 0 aromatic heterocycles. The van der Waals surface area contributed by atoms with E-state index in [1.165, 1.54) is 12.1 Å². The fourth-order valence-corrected chi connectivity index (χ4v) is 1.91. The molecule has 0 spiro atoms. The molecular formula is C12H16FNO3S. The van der Waals surface area contributed by atoms with Crippen LogP contribution in [-0.4, -0.2) is 17.3 Å². The van der Waals surface area contributed by atoms with Crippen LogP contribution >= 0.6 is 12.6 Å². The Balaban J connectivity index is 2.80. The lowest BCUT2D eigenvalue weighted by molar-refractivity contribution is -0.386. The van der Waals surface area contributed by atoms with Crippen LogP contribution in [0.1, 0.15) is 19.8 Å². The summed E-state index contributed by atoms with van der Waals surface area (Å²) in [5.74, 6) is -0.225. The van der Waals surface area contributed by atoms with E-state index in [0.29, 0.717) is 5.75 Å². The summed E-state index contributed by atoms with van der Waals surface area (Å²) in [6, 6.07) is 3.67. The fraction of sp³-hybridized carbons (Fsp3) is 0.500. The van der Waals surface area contributed by atoms with Gasteiger partial charge in [0.1, 0.15) is 0 Å². The first-order valence-corrected chi connectivity index (χ1v) is 6.40. The van der Waals surface area contributed by atoms with Crippen molar-refractivity contribution in [3.8, 4) is 5.75 Å². The van der Waals surface area contributed by atoms with Crippen molar-refractivity contribution in [3.05, 3.63) is 34.1 Å². The van der Waals surface area contributed by atoms with Gasteiger partial charge in [0.15, 0.2) is 5.82 Å². The zero-order valence-corrected chi connectivity index (χ0v) is 11.0. The Bertz CT molecular complexity index is 414. The standard InChI is InChI=1S/C12H16FNO3S/c1-2-4-9(8-18)7-17-12-10(13)5-3-6-11(12)14(15)16/h3,5-6,9,18H,2,4,7-8H2,1H3. The Kier molecular flexibility index (Phi) is 5.91. The SMILES string of the molecule is CCCC(CS)COc1c(F)cccc1[N+](=O)[O-]. The molecule has 100 valence electrons. The highest BCUT2D eigenvalue weighted by Crippen LogP contribution is 2.30. The quantitative estimate of drug-likeness (QED) is 0.470. The van der Waals surface area contributed by atoms with Crippen LogP contribution in [0.25, 0.3) is 0 Å². The molecule has 0 aliphatic carbocycles. The van der Waals surface area contributed by atoms with Crippen LogP contribution < -0.4 is 4.74 Å². The maximum Gasteiger partial charge on any atom is 0.314 e. The van der Waals surface area contributed by atoms with Crippen LogP contribution in [0.15, 0.2) is 18.2 Å². The number of nitro benzene ring substituents is 1. The molecule has 18 heavy (non-hydrogen) atoms. The van der Waals surface area contributed by atoms with E-state index in [1.54, 1.807) is 0 Å². The van der Waals surface area contributed by atoms with Gasteiger partial charge in [-0.3, -0.25) is 10.1 Å². The number of hydrogen-bond donors (Lipinski definition) is 1. The molecule has 0 amide bonds. The van der Waals surface area contributed by atoms with Crippen LogP contribution in [0, 0.1) is 21.8 Å². The first kappa shape index (κ1) is 14.8. The van der Waals surface area contributed by atoms with Gasteiger partial charge in [0.25, 0.3) is 0 Å². The number of nitrogens with zero attached hydrogens (tertiary/aromatic N) is 1. The van der Waals surface area contributed by atoms with Crippen molar-refractivity contribution >= 4 is 18.3 Å². The van der Waals surface area contributed by atoms with Crippen LogP contribution in [-0.2, 0) is 0 Å². The Labute approximate surface area is 111 Å². The second-order valence-electron chi connectivity index (χ2n) is 3.99. The second-order valence-corrected chi connectivity index (χ2v) is 4.36. The Morgan fingerprint density at radius 1 is 1.56 bits per heavy atom. The summed E-state index contributed by atoms with van der Waals surface area (Å²) in [5, 5.41) is 10.8. The fourth-order valence-electron chi connectivity index (χ4n) is 1.62. The first-order valence-electron chi connectivity index (χ1n) is 5.76. The Morgan fingerprint density at radius 2 is 2.28 bits per heavy atom. The van der Waals surface area contributed by atoms with Crippen LogP contribution in [0.3, 0.4) is 0 Å². The summed E-state index contributed by atoms with van der Waals surface area (Å²) in [7, 11) is 0. The Morgan fingerprint density at radius 3 is 2.83 bits per heavy atom. The minimum Gasteiger partial charge on any atom is -0.484 e. The van der Waals surface area contributed by atoms with E-state index in [-0.39, 0.29) is 24.0 Å². The van der Waals surface area contributed by atoms with Crippen molar-refractivity contribution in [2.45, 2.75) is 19.8 Å². The number of hydrogen-bond acceptors (Lipinski definition) is 4. The normalized spacial score (nSPS) is 12.2. The molecule has 0 aliphatic rings. The van der Waals surface area contributed by atoms with E-state index in [9.17, 15) is 14.5 Å². The van der Waals surface area contributed by atoms with Gasteiger partial charge in [-0.2, -0.15) is 12.6 Å². The van der Waals surface area contributed by atoms with E-state index in [2.05, 4.69) is 12.6 Å². The van der Waals surface area contributed by atoms with E-state index in [4.69, 9.17) is 4.74 Å². The molecule has 0 radical (unpaired) electrons. The molecule has 1 atom stereocenters. The average Bonchev–Trinajstić information content (AvgIpc) is 2.35. The summed E-state index contributed by atoms with van der Waals surface area (Å²) in [5.41, 5.74) is -0.343. The smallest absolute Gasteiger partial charge is 0.314 e. The topological polar surface area (TPSA) is 52.4 Å². The van der Waals surface area contributed by atoms with Gasteiger partial charge in [0, 0.05) is 12.0 Å². The van der Waals surface area contributed by atoms with Gasteiger partial charge in [0.05, 0.1) is 11.5 Å². The van der Waals surface area contributed by atoms with Crippen molar-refractivity contribution in [3.63, 3.8) is 0 Å². The summed E-state index contributed by atoms with van der Waals surface area (Å²) >= 11 is 4.18. The lowest BCUT2D eigenvalue weighted by Crippen LogP contribution is -2.14. The van der Waals surface area contributed by atoms with Crippen molar-refractivity contribution in [1.82, 2.24) is 0 Å². The molecule has 0 saturated heterocycles. The number of para-hydroxylation sites is 1. The van der Waals surface area contributed by atoms with Crippen molar-refractivity contribution in [2.75, 3.05) is 12.4 Å². The molecule has 1 aromatic rings. The van der Waals surface area contributed by atoms with E-state index >= 15 is 0 Å². The third-order valence-corrected chi connectivity index (χ3v) is 3.08. The van der Waals surface area contributed by atoms with E-state index in [1.807, 2.05) is 6.92 Å². The zero-order chi connectivity index (χ0) is 13.5. The molecule has 0 N–H and O–H groups in total. The highest BCUT2D eigenvalue weighted by atomic mass is 32.1. The predicted molar refractivity (Wildman–Crippen MR) is 70.8 cm³/mol. The molecule has 0 fully saturated rings. The van der Waals surface area contributed by atoms with Crippen LogP contribution in [0.5, 0.6) is 5.75 Å². The molecule has 0 saturated carbocycles. The highest BCUT2D eigenvalue weighted by molar-refractivity contribution is 7.80. The van der Waals surface area contributed by atoms with Gasteiger partial charge < -0.3 is 4.74 Å². The zero-order valence-electron chi connectivity index (χ0n) is 10.1. The molecule has 1 rings (SSSR count). The maximum absolute atomic E-state index is 13.5. The molecule has 0 aliphatic heterocycles. The van der Waals surface area contributed by atoms with Crippen LogP contribution in [0.2, 0.25) is 0 Å². The number of ether oxygens (including phenoxy) is 1. The van der Waals surface area contributed by atoms with Gasteiger partial charge in [-0.05, 0) is 18.2 Å². The van der Waals surface area contributed by atoms with Crippen LogP contribution in [0.4, 0.5) is 10.1 Å². The third kappa shape index (κ3) is 3.87. The summed E-state index contributed by atoms with van der Waals surface area (Å²) in [6.45, 7) is 2.26. The van der Waals surface area contributed by atoms with Gasteiger partial charge in [0.2, 0.25) is 5.75 Å². The van der Waals surface area contributed by atoms with Gasteiger partial charge in [-0.1, -0.05) is 19.4 Å². The number of rotatable bonds is 7. The molecule has 0 heterocycles. The van der Waals surface area contributed by atoms with Crippen molar-refractivity contribution < 1.29 is 14.1 Å². The molecular weight excluding hydrogens is 257 g/mol. The van der Waals surface area contributed by atoms with E-state index in [0.717, 1.165) is 18.9 Å². The first-order chi connectivity index (χ1) is 8.60. The molecule has 1 aromatic carbocycles. The summed E-state index contributed by atoms with van der Waals surface area (Å²) in [4.78, 5) is 10.1. The lowest BCUT2D eigenvalue weighted by atomic mass is 10.1. The van der Waals surface area contributed by atoms with Crippen molar-refractivity contribution in [2.24, 2.45) is 5.92 Å². The highest BCUT2D eigenvalue weighted by Gasteiger charge is 2.20. The summed E-state index contributed by atoms with van der Waals surface area (Å²) in [6.07, 6.45) is 1.86. The third-order valence-electron chi connectivity index (χ3n) is 2.56. The molecule has 0 bridgehead atoms. The molecule has 4 nitrogen and oxygen atoms in total. The van der Waals surface area contributed by atoms with Gasteiger partial charge in [-0.15, -0.1) is 0 Å². The minimum atomic E-state index is -0.710. The number of nitro groups is 1. The Hall–Kier alpha value is -1.30. The van der Waals surface area contributed by atoms with Gasteiger partial charge >= 0.3 is 5.69 Å². The lowest BCUT2D eigenvalue weighted by Gasteiger charge is -2.14. The number of benzene rings is 1. The monoisotopic (exact) mass is 273 g/mol. The average molecular weight is 273 g/mol. The van der Waals surface area contributed by atoms with Gasteiger partial charge in [-0.25, -0.2) is 4.39 Å². The predicted octanol–water partition coefficient (Wildman–Crippen LogP) is 3.46. The number of thiol groups is 1. The second kappa shape index (κ2) is 7.20. The van der Waals surface area contributed by atoms with E-state index < -0.39 is 10.7 Å². The minimum absolute atomic E-state index is 0.164.